The molecule has 11 heteroatoms. The Hall–Kier alpha value is -2.30. The van der Waals surface area contributed by atoms with E-state index in [-0.39, 0.29) is 6.42 Å². The first-order valence-electron chi connectivity index (χ1n) is 12.7. The molecule has 2 heterocycles. The summed E-state index contributed by atoms with van der Waals surface area (Å²) in [5, 5.41) is 14.1. The van der Waals surface area contributed by atoms with E-state index >= 15 is 4.39 Å². The van der Waals surface area contributed by atoms with Gasteiger partial charge in [0.05, 0.1) is 32.9 Å². The number of fused-ring (bicyclic) bond motifs is 1. The van der Waals surface area contributed by atoms with Crippen LogP contribution >= 0.6 is 34.5 Å². The minimum Gasteiger partial charge on any atom is -0.481 e. The largest absolute Gasteiger partial charge is 0.481 e. The lowest BCUT2D eigenvalue weighted by atomic mass is 9.87. The third-order valence-electron chi connectivity index (χ3n) is 7.19. The second-order valence-corrected chi connectivity index (χ2v) is 11.7. The summed E-state index contributed by atoms with van der Waals surface area (Å²) >= 11 is 14.0. The number of benzene rings is 2. The van der Waals surface area contributed by atoms with Gasteiger partial charge in [0, 0.05) is 24.5 Å². The van der Waals surface area contributed by atoms with Gasteiger partial charge in [0.2, 0.25) is 5.78 Å². The van der Waals surface area contributed by atoms with Crippen molar-refractivity contribution in [3.05, 3.63) is 52.0 Å². The number of Topliss-reactive ketones (excluding diaryl/α,β-unsaturated/α-hetero) is 1. The van der Waals surface area contributed by atoms with Crippen LogP contribution in [0.15, 0.2) is 36.4 Å². The highest BCUT2D eigenvalue weighted by molar-refractivity contribution is 7.22. The fourth-order valence-electron chi connectivity index (χ4n) is 5.10. The van der Waals surface area contributed by atoms with Crippen LogP contribution in [0.1, 0.15) is 44.1 Å². The zero-order chi connectivity index (χ0) is 26.9. The van der Waals surface area contributed by atoms with Crippen molar-refractivity contribution in [3.63, 3.8) is 0 Å². The lowest BCUT2D eigenvalue weighted by Gasteiger charge is -2.37. The van der Waals surface area contributed by atoms with Crippen molar-refractivity contribution in [2.75, 3.05) is 18.4 Å². The van der Waals surface area contributed by atoms with E-state index in [0.717, 1.165) is 23.1 Å². The molecule has 0 spiro atoms. The van der Waals surface area contributed by atoms with Gasteiger partial charge in [-0.3, -0.25) is 9.59 Å². The first kappa shape index (κ1) is 27.3. The predicted molar refractivity (Wildman–Crippen MR) is 147 cm³/mol. The molecule has 2 aromatic carbocycles. The molecule has 1 aliphatic carbocycles. The number of thiazole rings is 1. The lowest BCUT2D eigenvalue weighted by molar-refractivity contribution is -0.252. The number of nitrogens with zero attached hydrogens (tertiary/aromatic N) is 2. The Morgan fingerprint density at radius 3 is 2.55 bits per heavy atom. The first-order valence-corrected chi connectivity index (χ1v) is 14.3. The summed E-state index contributed by atoms with van der Waals surface area (Å²) in [6.45, 7) is 0.868. The molecule has 0 amide bonds. The number of likely N-dealkylation sites (tertiary alicyclic amines) is 1. The van der Waals surface area contributed by atoms with Crippen molar-refractivity contribution in [1.29, 1.82) is 0 Å². The number of carboxylic acids is 1. The Morgan fingerprint density at radius 2 is 1.87 bits per heavy atom. The number of aromatic nitrogens is 1. The number of alkyl halides is 1. The Kier molecular flexibility index (Phi) is 8.21. The molecule has 1 atom stereocenters. The zero-order valence-corrected chi connectivity index (χ0v) is 22.9. The minimum atomic E-state index is -2.55. The molecule has 38 heavy (non-hydrogen) atoms. The van der Waals surface area contributed by atoms with Crippen LogP contribution in [0.25, 0.3) is 10.2 Å². The maximum atomic E-state index is 16.4. The number of aliphatic carboxylic acids is 1. The molecule has 3 aromatic rings. The Balaban J connectivity index is 1.28. The molecule has 1 saturated carbocycles. The van der Waals surface area contributed by atoms with Gasteiger partial charge in [-0.25, -0.2) is 9.88 Å². The molecule has 1 aliphatic heterocycles. The van der Waals surface area contributed by atoms with Gasteiger partial charge in [0.1, 0.15) is 0 Å². The van der Waals surface area contributed by atoms with Crippen LogP contribution in [0.5, 0.6) is 0 Å². The Bertz CT molecular complexity index is 1340. The number of rotatable bonds is 9. The second kappa shape index (κ2) is 11.4. The molecular formula is C27H28Cl2FN3O4S. The van der Waals surface area contributed by atoms with Crippen LogP contribution in [0.3, 0.4) is 0 Å². The zero-order valence-electron chi connectivity index (χ0n) is 20.6. The van der Waals surface area contributed by atoms with Gasteiger partial charge >= 0.3 is 11.9 Å². The van der Waals surface area contributed by atoms with Crippen LogP contribution in [0.2, 0.25) is 10.0 Å². The van der Waals surface area contributed by atoms with Gasteiger partial charge in [0.25, 0.3) is 0 Å². The third kappa shape index (κ3) is 5.97. The Morgan fingerprint density at radius 1 is 1.13 bits per heavy atom. The summed E-state index contributed by atoms with van der Waals surface area (Å²) in [6.07, 6.45) is 2.54. The molecule has 0 radical (unpaired) electrons. The summed E-state index contributed by atoms with van der Waals surface area (Å²) in [4.78, 5) is 30.6. The van der Waals surface area contributed by atoms with Crippen LogP contribution in [-0.4, -0.2) is 51.9 Å². The fourth-order valence-corrected chi connectivity index (χ4v) is 6.51. The molecule has 2 N–H and O–H groups in total. The van der Waals surface area contributed by atoms with E-state index in [4.69, 9.17) is 27.9 Å². The maximum Gasteiger partial charge on any atom is 0.330 e. The number of anilines is 2. The van der Waals surface area contributed by atoms with E-state index in [1.54, 1.807) is 24.3 Å². The predicted octanol–water partition coefficient (Wildman–Crippen LogP) is 6.84. The summed E-state index contributed by atoms with van der Waals surface area (Å²) in [5.41, 5.74) is 2.00. The van der Waals surface area contributed by atoms with Gasteiger partial charge in [-0.05, 0) is 74.4 Å². The van der Waals surface area contributed by atoms with Gasteiger partial charge in [-0.15, -0.1) is 0 Å². The highest BCUT2D eigenvalue weighted by Crippen LogP contribution is 2.36. The van der Waals surface area contributed by atoms with Gasteiger partial charge in [-0.1, -0.05) is 40.6 Å². The van der Waals surface area contributed by atoms with E-state index < -0.39 is 29.8 Å². The standard InChI is InChI=1S/C27H28Cl2FN3O4S/c28-18-6-10-22-23(15-18)38-26(32-22)31-21-9-3-16(13-20(21)29)14-24(34)27(30,33-11-1-2-12-33)37-19-7-4-17(5-8-19)25(35)36/h3,6,9-10,13,15,17,19H,1-2,4-5,7-8,11-12,14H2,(H,31,32)(H,35,36). The molecule has 1 unspecified atom stereocenters. The van der Waals surface area contributed by atoms with E-state index in [2.05, 4.69) is 10.3 Å². The number of carbonyl (C=O) groups is 2. The molecular weight excluding hydrogens is 552 g/mol. The number of ketones is 1. The van der Waals surface area contributed by atoms with Crippen LogP contribution in [0.4, 0.5) is 15.2 Å². The molecule has 202 valence electrons. The maximum absolute atomic E-state index is 16.4. The number of carboxylic acid groups (broad SMARTS) is 1. The monoisotopic (exact) mass is 579 g/mol. The normalized spacial score (nSPS) is 21.9. The van der Waals surface area contributed by atoms with E-state index in [0.29, 0.717) is 65.2 Å². The van der Waals surface area contributed by atoms with Crippen LogP contribution in [0, 0.1) is 5.92 Å². The topological polar surface area (TPSA) is 91.8 Å². The number of ether oxygens (including phenoxy) is 1. The quantitative estimate of drug-likeness (QED) is 0.268. The second-order valence-electron chi connectivity index (χ2n) is 9.86. The SMILES string of the molecule is O=C(O)C1CCC(OC(F)(C(=O)Cc2ccc(Nc3nc4ccc(Cl)cc4s3)c(Cl)c2)N2CCCC2)CC1. The highest BCUT2D eigenvalue weighted by Gasteiger charge is 2.48. The fraction of sp³-hybridized carbons (Fsp3) is 0.444. The summed E-state index contributed by atoms with van der Waals surface area (Å²) in [7, 11) is 0. The average Bonchev–Trinajstić information content (AvgIpc) is 3.56. The van der Waals surface area contributed by atoms with Crippen molar-refractivity contribution in [1.82, 2.24) is 9.88 Å². The summed E-state index contributed by atoms with van der Waals surface area (Å²) in [6, 6.07) is 10.6. The van der Waals surface area contributed by atoms with E-state index in [9.17, 15) is 14.7 Å². The molecule has 5 rings (SSSR count). The molecule has 2 fully saturated rings. The minimum absolute atomic E-state index is 0.183. The summed E-state index contributed by atoms with van der Waals surface area (Å²) in [5.74, 6) is -4.52. The van der Waals surface area contributed by atoms with Crippen molar-refractivity contribution >= 4 is 67.3 Å². The van der Waals surface area contributed by atoms with Crippen LogP contribution < -0.4 is 5.32 Å². The smallest absolute Gasteiger partial charge is 0.330 e. The number of nitrogens with one attached hydrogen (secondary N) is 1. The van der Waals surface area contributed by atoms with Crippen molar-refractivity contribution in [3.8, 4) is 0 Å². The van der Waals surface area contributed by atoms with Crippen molar-refractivity contribution in [2.45, 2.75) is 57.0 Å². The van der Waals surface area contributed by atoms with Crippen molar-refractivity contribution in [2.24, 2.45) is 5.92 Å². The molecule has 0 bridgehead atoms. The number of carbonyl (C=O) groups excluding carboxylic acids is 1. The molecule has 2 aliphatic rings. The number of hydrogen-bond donors (Lipinski definition) is 2. The van der Waals surface area contributed by atoms with E-state index in [1.165, 1.54) is 16.2 Å². The highest BCUT2D eigenvalue weighted by atomic mass is 35.5. The van der Waals surface area contributed by atoms with Gasteiger partial charge in [-0.2, -0.15) is 4.39 Å². The van der Waals surface area contributed by atoms with Gasteiger partial charge in [0.15, 0.2) is 5.13 Å². The van der Waals surface area contributed by atoms with Gasteiger partial charge < -0.3 is 15.2 Å². The number of hydrogen-bond acceptors (Lipinski definition) is 7. The molecule has 1 aromatic heterocycles. The third-order valence-corrected chi connectivity index (χ3v) is 8.67. The molecule has 1 saturated heterocycles. The lowest BCUT2D eigenvalue weighted by Crippen LogP contribution is -2.54. The number of halogens is 3. The molecule has 7 nitrogen and oxygen atoms in total. The summed E-state index contributed by atoms with van der Waals surface area (Å²) < 4.78 is 23.2. The van der Waals surface area contributed by atoms with Crippen LogP contribution in [-0.2, 0) is 20.7 Å². The Labute approximate surface area is 233 Å². The van der Waals surface area contributed by atoms with E-state index in [1.807, 2.05) is 12.1 Å². The first-order chi connectivity index (χ1) is 18.2. The average molecular weight is 581 g/mol. The van der Waals surface area contributed by atoms with Crippen molar-refractivity contribution < 1.29 is 23.8 Å².